The van der Waals surface area contributed by atoms with Gasteiger partial charge < -0.3 is 14.6 Å². The number of ether oxygens (including phenoxy) is 1. The van der Waals surface area contributed by atoms with Gasteiger partial charge in [-0.25, -0.2) is 4.98 Å². The number of carbonyl (C=O) groups is 1. The van der Waals surface area contributed by atoms with Gasteiger partial charge in [0.05, 0.1) is 23.5 Å². The molecule has 1 N–H and O–H groups in total. The number of halogens is 2. The summed E-state index contributed by atoms with van der Waals surface area (Å²) in [5, 5.41) is 3.45. The van der Waals surface area contributed by atoms with Crippen molar-refractivity contribution in [2.75, 3.05) is 13.7 Å². The summed E-state index contributed by atoms with van der Waals surface area (Å²) in [6.07, 6.45) is 6.15. The molecule has 1 aromatic carbocycles. The normalized spacial score (nSPS) is 10.4. The third-order valence-electron chi connectivity index (χ3n) is 2.90. The molecule has 0 saturated heterocycles. The van der Waals surface area contributed by atoms with Gasteiger partial charge in [0, 0.05) is 31.0 Å². The molecule has 7 heteroatoms. The summed E-state index contributed by atoms with van der Waals surface area (Å²) in [4.78, 5) is 16.0. The van der Waals surface area contributed by atoms with Crippen molar-refractivity contribution in [2.24, 2.45) is 0 Å². The van der Waals surface area contributed by atoms with Crippen LogP contribution in [0.1, 0.15) is 16.8 Å². The number of benzene rings is 1. The number of nitrogens with zero attached hydrogens (tertiary/aromatic N) is 2. The number of carbonyl (C=O) groups excluding carboxylic acids is 1. The Balaban J connectivity index is 1.88. The molecular weight excluding hydrogens is 313 g/mol. The zero-order valence-corrected chi connectivity index (χ0v) is 13.0. The topological polar surface area (TPSA) is 56.1 Å². The van der Waals surface area contributed by atoms with Gasteiger partial charge in [-0.2, -0.15) is 0 Å². The molecular formula is C14H15Cl2N3O2. The van der Waals surface area contributed by atoms with Gasteiger partial charge in [0.2, 0.25) is 0 Å². The Morgan fingerprint density at radius 2 is 2.10 bits per heavy atom. The summed E-state index contributed by atoms with van der Waals surface area (Å²) in [6, 6.07) is 3.08. The second-order valence-electron chi connectivity index (χ2n) is 4.38. The highest BCUT2D eigenvalue weighted by atomic mass is 35.5. The zero-order valence-electron chi connectivity index (χ0n) is 11.5. The molecule has 0 unspecified atom stereocenters. The maximum absolute atomic E-state index is 12.0. The van der Waals surface area contributed by atoms with Crippen molar-refractivity contribution in [1.29, 1.82) is 0 Å². The first-order valence-corrected chi connectivity index (χ1v) is 7.14. The van der Waals surface area contributed by atoms with Crippen LogP contribution in [0.15, 0.2) is 30.9 Å². The van der Waals surface area contributed by atoms with Crippen LogP contribution in [0.25, 0.3) is 0 Å². The molecule has 1 aromatic heterocycles. The van der Waals surface area contributed by atoms with Crippen molar-refractivity contribution < 1.29 is 9.53 Å². The molecule has 1 heterocycles. The fourth-order valence-electron chi connectivity index (χ4n) is 1.87. The first-order valence-electron chi connectivity index (χ1n) is 6.39. The minimum absolute atomic E-state index is 0.216. The molecule has 0 saturated carbocycles. The number of aromatic nitrogens is 2. The highest BCUT2D eigenvalue weighted by Crippen LogP contribution is 2.33. The van der Waals surface area contributed by atoms with E-state index in [1.165, 1.54) is 19.2 Å². The molecule has 2 rings (SSSR count). The standard InChI is InChI=1S/C14H15Cl2N3O2/c1-21-13-11(15)7-10(8-12(13)16)14(20)18-3-2-5-19-6-4-17-9-19/h4,6-9H,2-3,5H2,1H3,(H,18,20). The van der Waals surface area contributed by atoms with Crippen LogP contribution in [-0.2, 0) is 6.54 Å². The van der Waals surface area contributed by atoms with Gasteiger partial charge in [-0.1, -0.05) is 23.2 Å². The molecule has 112 valence electrons. The highest BCUT2D eigenvalue weighted by molar-refractivity contribution is 6.37. The summed E-state index contributed by atoms with van der Waals surface area (Å²) in [6.45, 7) is 1.35. The Morgan fingerprint density at radius 3 is 2.67 bits per heavy atom. The van der Waals surface area contributed by atoms with E-state index in [4.69, 9.17) is 27.9 Å². The number of hydrogen-bond acceptors (Lipinski definition) is 3. The van der Waals surface area contributed by atoms with E-state index in [1.807, 2.05) is 10.8 Å². The van der Waals surface area contributed by atoms with Crippen LogP contribution in [0.4, 0.5) is 0 Å². The van der Waals surface area contributed by atoms with Crippen molar-refractivity contribution in [3.8, 4) is 5.75 Å². The van der Waals surface area contributed by atoms with Crippen LogP contribution in [0, 0.1) is 0 Å². The predicted molar refractivity (Wildman–Crippen MR) is 82.2 cm³/mol. The van der Waals surface area contributed by atoms with E-state index in [0.29, 0.717) is 27.9 Å². The number of methoxy groups -OCH3 is 1. The van der Waals surface area contributed by atoms with E-state index >= 15 is 0 Å². The fraction of sp³-hybridized carbons (Fsp3) is 0.286. The average Bonchev–Trinajstić information content (AvgIpc) is 2.96. The minimum Gasteiger partial charge on any atom is -0.494 e. The van der Waals surface area contributed by atoms with Crippen LogP contribution in [0.2, 0.25) is 10.0 Å². The lowest BCUT2D eigenvalue weighted by atomic mass is 10.2. The van der Waals surface area contributed by atoms with Crippen LogP contribution >= 0.6 is 23.2 Å². The second-order valence-corrected chi connectivity index (χ2v) is 5.20. The first-order chi connectivity index (χ1) is 10.1. The van der Waals surface area contributed by atoms with Crippen LogP contribution in [-0.4, -0.2) is 29.1 Å². The maximum Gasteiger partial charge on any atom is 0.251 e. The Morgan fingerprint density at radius 1 is 1.38 bits per heavy atom. The molecule has 0 spiro atoms. The number of amides is 1. The van der Waals surface area contributed by atoms with Crippen molar-refractivity contribution in [2.45, 2.75) is 13.0 Å². The third-order valence-corrected chi connectivity index (χ3v) is 3.46. The Bertz CT molecular complexity index is 592. The van der Waals surface area contributed by atoms with Gasteiger partial charge >= 0.3 is 0 Å². The minimum atomic E-state index is -0.216. The lowest BCUT2D eigenvalue weighted by molar-refractivity contribution is 0.0952. The summed E-state index contributed by atoms with van der Waals surface area (Å²) >= 11 is 12.0. The quantitative estimate of drug-likeness (QED) is 0.830. The molecule has 0 aliphatic carbocycles. The number of hydrogen-bond donors (Lipinski definition) is 1. The van der Waals surface area contributed by atoms with Gasteiger partial charge in [-0.3, -0.25) is 4.79 Å². The molecule has 1 amide bonds. The largest absolute Gasteiger partial charge is 0.494 e. The summed E-state index contributed by atoms with van der Waals surface area (Å²) in [5.74, 6) is 0.155. The molecule has 0 aliphatic heterocycles. The van der Waals surface area contributed by atoms with E-state index in [-0.39, 0.29) is 5.91 Å². The van der Waals surface area contributed by atoms with E-state index in [0.717, 1.165) is 13.0 Å². The van der Waals surface area contributed by atoms with Crippen molar-refractivity contribution >= 4 is 29.1 Å². The second kappa shape index (κ2) is 7.33. The first kappa shape index (κ1) is 15.7. The van der Waals surface area contributed by atoms with Crippen LogP contribution < -0.4 is 10.1 Å². The Labute approximate surface area is 132 Å². The number of nitrogens with one attached hydrogen (secondary N) is 1. The van der Waals surface area contributed by atoms with E-state index in [2.05, 4.69) is 10.3 Å². The Kier molecular flexibility index (Phi) is 5.47. The van der Waals surface area contributed by atoms with Gasteiger partial charge in [-0.05, 0) is 18.6 Å². The predicted octanol–water partition coefficient (Wildman–Crippen LogP) is 3.02. The lowest BCUT2D eigenvalue weighted by Crippen LogP contribution is -2.25. The maximum atomic E-state index is 12.0. The van der Waals surface area contributed by atoms with E-state index in [1.54, 1.807) is 12.5 Å². The average molecular weight is 328 g/mol. The Hall–Kier alpha value is -1.72. The molecule has 0 aliphatic rings. The van der Waals surface area contributed by atoms with Crippen molar-refractivity contribution in [1.82, 2.24) is 14.9 Å². The van der Waals surface area contributed by atoms with Gasteiger partial charge in [-0.15, -0.1) is 0 Å². The molecule has 21 heavy (non-hydrogen) atoms. The number of aryl methyl sites for hydroxylation is 1. The molecule has 0 fully saturated rings. The molecule has 0 radical (unpaired) electrons. The SMILES string of the molecule is COc1c(Cl)cc(C(=O)NCCCn2ccnc2)cc1Cl. The van der Waals surface area contributed by atoms with Gasteiger partial charge in [0.25, 0.3) is 5.91 Å². The summed E-state index contributed by atoms with van der Waals surface area (Å²) < 4.78 is 7.00. The van der Waals surface area contributed by atoms with E-state index in [9.17, 15) is 4.79 Å². The molecule has 2 aromatic rings. The van der Waals surface area contributed by atoms with Crippen LogP contribution in [0.5, 0.6) is 5.75 Å². The van der Waals surface area contributed by atoms with E-state index < -0.39 is 0 Å². The van der Waals surface area contributed by atoms with Crippen molar-refractivity contribution in [3.05, 3.63) is 46.5 Å². The molecule has 0 bridgehead atoms. The van der Waals surface area contributed by atoms with Gasteiger partial charge in [0.1, 0.15) is 0 Å². The van der Waals surface area contributed by atoms with Crippen molar-refractivity contribution in [3.63, 3.8) is 0 Å². The number of rotatable bonds is 6. The van der Waals surface area contributed by atoms with Gasteiger partial charge in [0.15, 0.2) is 5.75 Å². The summed E-state index contributed by atoms with van der Waals surface area (Å²) in [5.41, 5.74) is 0.411. The smallest absolute Gasteiger partial charge is 0.251 e. The monoisotopic (exact) mass is 327 g/mol. The highest BCUT2D eigenvalue weighted by Gasteiger charge is 2.13. The fourth-order valence-corrected chi connectivity index (χ4v) is 2.51. The van der Waals surface area contributed by atoms with Crippen LogP contribution in [0.3, 0.4) is 0 Å². The summed E-state index contributed by atoms with van der Waals surface area (Å²) in [7, 11) is 1.48. The zero-order chi connectivity index (χ0) is 15.2. The number of imidazole rings is 1. The molecule has 5 nitrogen and oxygen atoms in total. The lowest BCUT2D eigenvalue weighted by Gasteiger charge is -2.09. The third kappa shape index (κ3) is 4.12. The molecule has 0 atom stereocenters.